The molecule has 2 N–H and O–H groups in total. The van der Waals surface area contributed by atoms with Gasteiger partial charge in [-0.25, -0.2) is 0 Å². The highest BCUT2D eigenvalue weighted by Crippen LogP contribution is 2.32. The van der Waals surface area contributed by atoms with Crippen LogP contribution in [-0.2, 0) is 4.79 Å². The summed E-state index contributed by atoms with van der Waals surface area (Å²) in [7, 11) is 0. The number of fused-ring (bicyclic) bond motifs is 2. The molecule has 96 valence electrons. The van der Waals surface area contributed by atoms with Gasteiger partial charge in [0.1, 0.15) is 0 Å². The van der Waals surface area contributed by atoms with Gasteiger partial charge in [0.05, 0.1) is 17.0 Å². The third kappa shape index (κ3) is 1.55. The predicted octanol–water partition coefficient (Wildman–Crippen LogP) is 3.06. The molecule has 0 radical (unpaired) electrons. The van der Waals surface area contributed by atoms with Gasteiger partial charge in [-0.15, -0.1) is 0 Å². The van der Waals surface area contributed by atoms with Gasteiger partial charge >= 0.3 is 0 Å². The van der Waals surface area contributed by atoms with Crippen molar-refractivity contribution < 1.29 is 4.79 Å². The van der Waals surface area contributed by atoms with E-state index in [0.717, 1.165) is 22.2 Å². The van der Waals surface area contributed by atoms with E-state index < -0.39 is 0 Å². The second kappa shape index (κ2) is 4.06. The van der Waals surface area contributed by atoms with Crippen molar-refractivity contribution >= 4 is 34.1 Å². The van der Waals surface area contributed by atoms with Crippen LogP contribution in [0, 0.1) is 0 Å². The van der Waals surface area contributed by atoms with Crippen LogP contribution < -0.4 is 5.32 Å². The Balaban J connectivity index is 1.90. The number of nitrogens with zero attached hydrogens (tertiary/aromatic N) is 1. The van der Waals surface area contributed by atoms with Crippen LogP contribution >= 0.6 is 0 Å². The second-order valence-electron chi connectivity index (χ2n) is 4.70. The van der Waals surface area contributed by atoms with Gasteiger partial charge in [-0.3, -0.25) is 9.78 Å². The molecule has 1 aliphatic rings. The third-order valence-corrected chi connectivity index (χ3v) is 3.48. The molecule has 0 unspecified atom stereocenters. The summed E-state index contributed by atoms with van der Waals surface area (Å²) in [6.07, 6.45) is 5.49. The molecule has 20 heavy (non-hydrogen) atoms. The maximum atomic E-state index is 12.1. The number of aromatic nitrogens is 2. The van der Waals surface area contributed by atoms with E-state index in [1.54, 1.807) is 6.20 Å². The molecule has 3 aromatic rings. The zero-order valence-corrected chi connectivity index (χ0v) is 10.6. The van der Waals surface area contributed by atoms with Crippen molar-refractivity contribution in [3.8, 4) is 0 Å². The van der Waals surface area contributed by atoms with Crippen LogP contribution in [-0.4, -0.2) is 15.9 Å². The molecule has 0 spiro atoms. The summed E-state index contributed by atoms with van der Waals surface area (Å²) in [6.45, 7) is 0. The summed E-state index contributed by atoms with van der Waals surface area (Å²) in [6, 6.07) is 11.7. The lowest BCUT2D eigenvalue weighted by Gasteiger charge is -1.96. The molecule has 4 nitrogen and oxygen atoms in total. The first-order valence-electron chi connectivity index (χ1n) is 6.37. The van der Waals surface area contributed by atoms with Crippen molar-refractivity contribution in [2.24, 2.45) is 0 Å². The molecular formula is C16H11N3O. The van der Waals surface area contributed by atoms with Crippen molar-refractivity contribution in [2.45, 2.75) is 0 Å². The molecule has 3 heterocycles. The quantitative estimate of drug-likeness (QED) is 0.661. The van der Waals surface area contributed by atoms with Gasteiger partial charge in [-0.2, -0.15) is 0 Å². The van der Waals surface area contributed by atoms with Gasteiger partial charge in [0, 0.05) is 28.9 Å². The number of rotatable bonds is 1. The predicted molar refractivity (Wildman–Crippen MR) is 79.0 cm³/mol. The normalized spacial score (nSPS) is 15.6. The van der Waals surface area contributed by atoms with E-state index in [4.69, 9.17) is 0 Å². The molecule has 1 aromatic carbocycles. The van der Waals surface area contributed by atoms with Crippen LogP contribution in [0.25, 0.3) is 22.6 Å². The van der Waals surface area contributed by atoms with Crippen LogP contribution in [0.3, 0.4) is 0 Å². The first kappa shape index (κ1) is 11.0. The minimum atomic E-state index is -0.107. The summed E-state index contributed by atoms with van der Waals surface area (Å²) in [5, 5.41) is 3.92. The lowest BCUT2D eigenvalue weighted by atomic mass is 10.1. The summed E-state index contributed by atoms with van der Waals surface area (Å²) in [5.74, 6) is -0.107. The number of benzene rings is 1. The van der Waals surface area contributed by atoms with Crippen LogP contribution in [0.2, 0.25) is 0 Å². The molecule has 0 saturated heterocycles. The number of carbonyl (C=O) groups is 1. The summed E-state index contributed by atoms with van der Waals surface area (Å²) >= 11 is 0. The second-order valence-corrected chi connectivity index (χ2v) is 4.70. The number of hydrogen-bond donors (Lipinski definition) is 2. The number of aromatic amines is 1. The molecular weight excluding hydrogens is 250 g/mol. The van der Waals surface area contributed by atoms with E-state index in [2.05, 4.69) is 15.3 Å². The van der Waals surface area contributed by atoms with Crippen LogP contribution in [0.15, 0.2) is 48.8 Å². The number of para-hydroxylation sites is 1. The Morgan fingerprint density at radius 2 is 2.00 bits per heavy atom. The highest BCUT2D eigenvalue weighted by molar-refractivity contribution is 6.34. The highest BCUT2D eigenvalue weighted by Gasteiger charge is 2.25. The number of anilines is 1. The summed E-state index contributed by atoms with van der Waals surface area (Å²) in [5.41, 5.74) is 4.12. The molecule has 4 heteroatoms. The van der Waals surface area contributed by atoms with E-state index in [1.165, 1.54) is 0 Å². The number of pyridine rings is 1. The smallest absolute Gasteiger partial charge is 0.258 e. The fraction of sp³-hybridized carbons (Fsp3) is 0. The van der Waals surface area contributed by atoms with Gasteiger partial charge in [0.2, 0.25) is 0 Å². The minimum Gasteiger partial charge on any atom is -0.361 e. The third-order valence-electron chi connectivity index (χ3n) is 3.48. The zero-order chi connectivity index (χ0) is 13.5. The average Bonchev–Trinajstić information content (AvgIpc) is 3.02. The first-order chi connectivity index (χ1) is 9.83. The lowest BCUT2D eigenvalue weighted by Crippen LogP contribution is -2.03. The maximum Gasteiger partial charge on any atom is 0.258 e. The van der Waals surface area contributed by atoms with Crippen molar-refractivity contribution in [1.82, 2.24) is 9.97 Å². The van der Waals surface area contributed by atoms with Crippen molar-refractivity contribution in [3.63, 3.8) is 0 Å². The number of H-pyrrole nitrogens is 1. The monoisotopic (exact) mass is 261 g/mol. The van der Waals surface area contributed by atoms with E-state index in [1.807, 2.05) is 48.7 Å². The minimum absolute atomic E-state index is 0.107. The maximum absolute atomic E-state index is 12.1. The van der Waals surface area contributed by atoms with Crippen LogP contribution in [0.5, 0.6) is 0 Å². The van der Waals surface area contributed by atoms with Crippen LogP contribution in [0.4, 0.5) is 5.69 Å². The molecule has 1 amide bonds. The van der Waals surface area contributed by atoms with Gasteiger partial charge in [0.25, 0.3) is 5.91 Å². The molecule has 0 atom stereocenters. The lowest BCUT2D eigenvalue weighted by molar-refractivity contribution is -0.110. The Labute approximate surface area is 115 Å². The van der Waals surface area contributed by atoms with E-state index in [-0.39, 0.29) is 5.91 Å². The average molecular weight is 261 g/mol. The van der Waals surface area contributed by atoms with Gasteiger partial charge in [-0.1, -0.05) is 18.2 Å². The van der Waals surface area contributed by atoms with E-state index >= 15 is 0 Å². The number of nitrogens with one attached hydrogen (secondary N) is 2. The Morgan fingerprint density at radius 3 is 2.95 bits per heavy atom. The Morgan fingerprint density at radius 1 is 1.10 bits per heavy atom. The summed E-state index contributed by atoms with van der Waals surface area (Å²) in [4.78, 5) is 19.6. The summed E-state index contributed by atoms with van der Waals surface area (Å²) < 4.78 is 0. The largest absolute Gasteiger partial charge is 0.361 e. The van der Waals surface area contributed by atoms with E-state index in [0.29, 0.717) is 11.3 Å². The number of carbonyl (C=O) groups excluding carboxylic acids is 1. The molecule has 0 saturated carbocycles. The molecule has 0 bridgehead atoms. The zero-order valence-electron chi connectivity index (χ0n) is 10.6. The number of hydrogen-bond acceptors (Lipinski definition) is 2. The Kier molecular flexibility index (Phi) is 2.23. The SMILES string of the molecule is O=C1Nc2cccnc2/C1=C/c1c[nH]c2ccccc12. The van der Waals surface area contributed by atoms with Gasteiger partial charge in [-0.05, 0) is 24.3 Å². The molecule has 0 aliphatic carbocycles. The highest BCUT2D eigenvalue weighted by atomic mass is 16.2. The standard InChI is InChI=1S/C16H11N3O/c20-16-12(15-14(19-16)6-3-7-17-15)8-10-9-18-13-5-2-1-4-11(10)13/h1-9,18H,(H,19,20)/b12-8-. The molecule has 4 rings (SSSR count). The van der Waals surface area contributed by atoms with Crippen molar-refractivity contribution in [3.05, 3.63) is 60.0 Å². The van der Waals surface area contributed by atoms with Crippen molar-refractivity contribution in [1.29, 1.82) is 0 Å². The molecule has 0 fully saturated rings. The van der Waals surface area contributed by atoms with Gasteiger partial charge in [0.15, 0.2) is 0 Å². The van der Waals surface area contributed by atoms with Crippen molar-refractivity contribution in [2.75, 3.05) is 5.32 Å². The van der Waals surface area contributed by atoms with Gasteiger partial charge < -0.3 is 10.3 Å². The molecule has 1 aliphatic heterocycles. The first-order valence-corrected chi connectivity index (χ1v) is 6.37. The number of amides is 1. The van der Waals surface area contributed by atoms with Crippen LogP contribution in [0.1, 0.15) is 11.3 Å². The fourth-order valence-corrected chi connectivity index (χ4v) is 2.52. The Bertz CT molecular complexity index is 861. The van der Waals surface area contributed by atoms with E-state index in [9.17, 15) is 4.79 Å². The molecule has 2 aromatic heterocycles. The fourth-order valence-electron chi connectivity index (χ4n) is 2.52. The topological polar surface area (TPSA) is 57.8 Å². The Hall–Kier alpha value is -2.88.